The van der Waals surface area contributed by atoms with Crippen LogP contribution in [0.4, 0.5) is 5.69 Å². The van der Waals surface area contributed by atoms with Crippen LogP contribution >= 0.6 is 11.8 Å². The van der Waals surface area contributed by atoms with Gasteiger partial charge in [-0.3, -0.25) is 14.5 Å². The molecule has 1 amide bonds. The van der Waals surface area contributed by atoms with Crippen LogP contribution in [0, 0.1) is 0 Å². The van der Waals surface area contributed by atoms with Gasteiger partial charge in [0.15, 0.2) is 5.78 Å². The SMILES string of the molecule is CCc1ccc(N2C=CSC(C(C)=O)C2=O)cc1. The van der Waals surface area contributed by atoms with E-state index in [0.29, 0.717) is 0 Å². The van der Waals surface area contributed by atoms with Crippen molar-refractivity contribution in [3.05, 3.63) is 41.4 Å². The van der Waals surface area contributed by atoms with Gasteiger partial charge in [-0.15, -0.1) is 11.8 Å². The quantitative estimate of drug-likeness (QED) is 0.785. The summed E-state index contributed by atoms with van der Waals surface area (Å²) < 4.78 is 0. The molecular weight excluding hydrogens is 246 g/mol. The van der Waals surface area contributed by atoms with Crippen LogP contribution in [0.2, 0.25) is 0 Å². The van der Waals surface area contributed by atoms with Gasteiger partial charge in [-0.05, 0) is 36.4 Å². The normalized spacial score (nSPS) is 19.1. The summed E-state index contributed by atoms with van der Waals surface area (Å²) in [4.78, 5) is 25.1. The number of anilines is 1. The van der Waals surface area contributed by atoms with Crippen molar-refractivity contribution >= 4 is 29.1 Å². The summed E-state index contributed by atoms with van der Waals surface area (Å²) in [6, 6.07) is 7.82. The zero-order valence-electron chi connectivity index (χ0n) is 10.4. The molecular formula is C14H15NO2S. The number of ketones is 1. The third kappa shape index (κ3) is 2.48. The van der Waals surface area contributed by atoms with Crippen LogP contribution in [0.1, 0.15) is 19.4 Å². The molecule has 1 heterocycles. The largest absolute Gasteiger partial charge is 0.298 e. The number of nitrogens with zero attached hydrogens (tertiary/aromatic N) is 1. The highest BCUT2D eigenvalue weighted by molar-refractivity contribution is 8.04. The van der Waals surface area contributed by atoms with Gasteiger partial charge < -0.3 is 0 Å². The van der Waals surface area contributed by atoms with Gasteiger partial charge in [0.05, 0.1) is 0 Å². The zero-order valence-corrected chi connectivity index (χ0v) is 11.2. The predicted octanol–water partition coefficient (Wildman–Crippen LogP) is 2.76. The number of hydrogen-bond acceptors (Lipinski definition) is 3. The number of thioether (sulfide) groups is 1. The molecule has 1 aliphatic heterocycles. The molecule has 3 nitrogen and oxygen atoms in total. The monoisotopic (exact) mass is 261 g/mol. The number of carbonyl (C=O) groups excluding carboxylic acids is 2. The van der Waals surface area contributed by atoms with Gasteiger partial charge in [-0.25, -0.2) is 0 Å². The lowest BCUT2D eigenvalue weighted by molar-refractivity contribution is -0.124. The average Bonchev–Trinajstić information content (AvgIpc) is 2.39. The summed E-state index contributed by atoms with van der Waals surface area (Å²) in [5, 5.41) is 1.18. The molecule has 0 radical (unpaired) electrons. The second kappa shape index (κ2) is 5.40. The Hall–Kier alpha value is -1.55. The van der Waals surface area contributed by atoms with Crippen LogP contribution in [0.15, 0.2) is 35.9 Å². The van der Waals surface area contributed by atoms with Crippen LogP contribution in [-0.4, -0.2) is 16.9 Å². The van der Waals surface area contributed by atoms with Gasteiger partial charge >= 0.3 is 0 Å². The molecule has 2 rings (SSSR count). The van der Waals surface area contributed by atoms with E-state index in [1.54, 1.807) is 16.5 Å². The second-order valence-electron chi connectivity index (χ2n) is 4.14. The number of amides is 1. The topological polar surface area (TPSA) is 37.4 Å². The zero-order chi connectivity index (χ0) is 13.1. The van der Waals surface area contributed by atoms with Crippen molar-refractivity contribution in [3.63, 3.8) is 0 Å². The first-order valence-electron chi connectivity index (χ1n) is 5.88. The Morgan fingerprint density at radius 3 is 2.56 bits per heavy atom. The third-order valence-electron chi connectivity index (χ3n) is 2.88. The fourth-order valence-electron chi connectivity index (χ4n) is 1.81. The first-order chi connectivity index (χ1) is 8.63. The lowest BCUT2D eigenvalue weighted by Crippen LogP contribution is -2.39. The number of hydrogen-bond donors (Lipinski definition) is 0. The molecule has 0 aliphatic carbocycles. The van der Waals surface area contributed by atoms with E-state index in [4.69, 9.17) is 0 Å². The molecule has 94 valence electrons. The van der Waals surface area contributed by atoms with Crippen molar-refractivity contribution in [2.75, 3.05) is 4.90 Å². The van der Waals surface area contributed by atoms with E-state index in [1.165, 1.54) is 24.2 Å². The van der Waals surface area contributed by atoms with E-state index in [2.05, 4.69) is 6.92 Å². The Kier molecular flexibility index (Phi) is 3.87. The van der Waals surface area contributed by atoms with Crippen molar-refractivity contribution in [2.45, 2.75) is 25.5 Å². The fourth-order valence-corrected chi connectivity index (χ4v) is 2.58. The van der Waals surface area contributed by atoms with Crippen molar-refractivity contribution in [1.29, 1.82) is 0 Å². The van der Waals surface area contributed by atoms with Crippen molar-refractivity contribution < 1.29 is 9.59 Å². The number of Topliss-reactive ketones (excluding diaryl/α,β-unsaturated/α-hetero) is 1. The summed E-state index contributed by atoms with van der Waals surface area (Å²) in [5.41, 5.74) is 2.03. The van der Waals surface area contributed by atoms with Crippen LogP contribution in [-0.2, 0) is 16.0 Å². The Bertz CT molecular complexity index is 493. The Balaban J connectivity index is 2.26. The molecule has 1 aromatic rings. The predicted molar refractivity (Wildman–Crippen MR) is 74.5 cm³/mol. The van der Waals surface area contributed by atoms with Crippen LogP contribution in [0.5, 0.6) is 0 Å². The standard InChI is InChI=1S/C14H15NO2S/c1-3-11-4-6-12(7-5-11)15-8-9-18-13(10(2)16)14(15)17/h4-9,13H,3H2,1-2H3. The molecule has 0 fully saturated rings. The van der Waals surface area contributed by atoms with Gasteiger partial charge in [-0.2, -0.15) is 0 Å². The minimum Gasteiger partial charge on any atom is -0.298 e. The average molecular weight is 261 g/mol. The molecule has 1 unspecified atom stereocenters. The third-order valence-corrected chi connectivity index (χ3v) is 3.96. The number of carbonyl (C=O) groups is 2. The highest BCUT2D eigenvalue weighted by atomic mass is 32.2. The van der Waals surface area contributed by atoms with Crippen LogP contribution in [0.3, 0.4) is 0 Å². The molecule has 0 saturated carbocycles. The maximum Gasteiger partial charge on any atom is 0.252 e. The molecule has 0 aromatic heterocycles. The molecule has 18 heavy (non-hydrogen) atoms. The van der Waals surface area contributed by atoms with E-state index >= 15 is 0 Å². The van der Waals surface area contributed by atoms with Crippen LogP contribution < -0.4 is 4.90 Å². The van der Waals surface area contributed by atoms with Gasteiger partial charge in [0.2, 0.25) is 0 Å². The summed E-state index contributed by atoms with van der Waals surface area (Å²) >= 11 is 1.26. The fraction of sp³-hybridized carbons (Fsp3) is 0.286. The van der Waals surface area contributed by atoms with E-state index in [9.17, 15) is 9.59 Å². The summed E-state index contributed by atoms with van der Waals surface area (Å²) in [6.45, 7) is 3.54. The van der Waals surface area contributed by atoms with E-state index in [1.807, 2.05) is 24.3 Å². The highest BCUT2D eigenvalue weighted by Gasteiger charge is 2.30. The van der Waals surface area contributed by atoms with Crippen molar-refractivity contribution in [2.24, 2.45) is 0 Å². The van der Waals surface area contributed by atoms with Crippen molar-refractivity contribution in [3.8, 4) is 0 Å². The molecule has 1 aliphatic rings. The van der Waals surface area contributed by atoms with E-state index in [0.717, 1.165) is 12.1 Å². The lowest BCUT2D eigenvalue weighted by Gasteiger charge is -2.25. The van der Waals surface area contributed by atoms with Crippen molar-refractivity contribution in [1.82, 2.24) is 0 Å². The molecule has 0 saturated heterocycles. The molecule has 4 heteroatoms. The Labute approximate surface area is 111 Å². The maximum absolute atomic E-state index is 12.2. The molecule has 0 N–H and O–H groups in total. The minimum absolute atomic E-state index is 0.107. The summed E-state index contributed by atoms with van der Waals surface area (Å²) in [7, 11) is 0. The Morgan fingerprint density at radius 1 is 1.33 bits per heavy atom. The first-order valence-corrected chi connectivity index (χ1v) is 6.82. The molecule has 1 aromatic carbocycles. The lowest BCUT2D eigenvalue weighted by atomic mass is 10.1. The summed E-state index contributed by atoms with van der Waals surface area (Å²) in [6.07, 6.45) is 2.68. The maximum atomic E-state index is 12.2. The van der Waals surface area contributed by atoms with Gasteiger partial charge in [0, 0.05) is 11.9 Å². The number of rotatable bonds is 3. The molecule has 1 atom stereocenters. The van der Waals surface area contributed by atoms with Gasteiger partial charge in [0.1, 0.15) is 5.25 Å². The molecule has 0 bridgehead atoms. The smallest absolute Gasteiger partial charge is 0.252 e. The Morgan fingerprint density at radius 2 is 2.00 bits per heavy atom. The molecule has 0 spiro atoms. The first kappa shape index (κ1) is 12.9. The highest BCUT2D eigenvalue weighted by Crippen LogP contribution is 2.27. The van der Waals surface area contributed by atoms with E-state index in [-0.39, 0.29) is 11.7 Å². The number of benzene rings is 1. The minimum atomic E-state index is -0.610. The number of aryl methyl sites for hydroxylation is 1. The van der Waals surface area contributed by atoms with Crippen LogP contribution in [0.25, 0.3) is 0 Å². The second-order valence-corrected chi connectivity index (χ2v) is 5.16. The summed E-state index contributed by atoms with van der Waals surface area (Å²) in [5.74, 6) is -0.274. The van der Waals surface area contributed by atoms with Gasteiger partial charge in [0.25, 0.3) is 5.91 Å². The van der Waals surface area contributed by atoms with Gasteiger partial charge in [-0.1, -0.05) is 19.1 Å². The van der Waals surface area contributed by atoms with E-state index < -0.39 is 5.25 Å².